The lowest BCUT2D eigenvalue weighted by atomic mass is 10.2. The van der Waals surface area contributed by atoms with Gasteiger partial charge in [-0.15, -0.1) is 11.3 Å². The summed E-state index contributed by atoms with van der Waals surface area (Å²) >= 11 is 1.46. The van der Waals surface area contributed by atoms with Crippen LogP contribution in [-0.4, -0.2) is 21.7 Å². The molecule has 0 bridgehead atoms. The Hall–Kier alpha value is -3.90. The molecule has 3 aromatic carbocycles. The van der Waals surface area contributed by atoms with Gasteiger partial charge in [0, 0.05) is 28.5 Å². The molecule has 0 fully saturated rings. The molecule has 2 heterocycles. The summed E-state index contributed by atoms with van der Waals surface area (Å²) in [5.41, 5.74) is 4.89. The number of anilines is 3. The van der Waals surface area contributed by atoms with E-state index < -0.39 is 0 Å². The Kier molecular flexibility index (Phi) is 5.90. The zero-order chi connectivity index (χ0) is 23.7. The Labute approximate surface area is 203 Å². The minimum absolute atomic E-state index is 0.114. The SMILES string of the molecule is Cc1nn(-c2ccccc2)c2sc(C(=O)Nc3ccc(N(c4ccccc4)C(C)C)cc3)cc12. The molecule has 0 saturated carbocycles. The molecule has 1 N–H and O–H groups in total. The summed E-state index contributed by atoms with van der Waals surface area (Å²) in [6.45, 7) is 6.31. The monoisotopic (exact) mass is 466 g/mol. The molecule has 170 valence electrons. The maximum atomic E-state index is 13.0. The van der Waals surface area contributed by atoms with Gasteiger partial charge in [-0.3, -0.25) is 4.79 Å². The van der Waals surface area contributed by atoms with Crippen LogP contribution in [0.25, 0.3) is 15.9 Å². The van der Waals surface area contributed by atoms with E-state index in [0.29, 0.717) is 10.9 Å². The standard InChI is InChI=1S/C28H26N4OS/c1-19(2)31(22-10-6-4-7-11-22)23-16-14-21(15-17-23)29-27(33)26-18-25-20(3)30-32(28(25)34-26)24-12-8-5-9-13-24/h4-19H,1-3H3,(H,29,33). The van der Waals surface area contributed by atoms with Crippen LogP contribution in [0.15, 0.2) is 91.0 Å². The van der Waals surface area contributed by atoms with Crippen molar-refractivity contribution in [1.82, 2.24) is 9.78 Å². The van der Waals surface area contributed by atoms with Crippen LogP contribution in [0.4, 0.5) is 17.1 Å². The van der Waals surface area contributed by atoms with Crippen LogP contribution in [0.2, 0.25) is 0 Å². The third kappa shape index (κ3) is 4.20. The van der Waals surface area contributed by atoms with Crippen molar-refractivity contribution in [3.63, 3.8) is 0 Å². The fraction of sp³-hybridized carbons (Fsp3) is 0.143. The van der Waals surface area contributed by atoms with Crippen LogP contribution in [-0.2, 0) is 0 Å². The normalized spacial score (nSPS) is 11.2. The van der Waals surface area contributed by atoms with E-state index in [4.69, 9.17) is 0 Å². The fourth-order valence-corrected chi connectivity index (χ4v) is 5.21. The number of hydrogen-bond donors (Lipinski definition) is 1. The number of rotatable bonds is 6. The number of benzene rings is 3. The summed E-state index contributed by atoms with van der Waals surface area (Å²) in [6, 6.07) is 30.5. The molecule has 0 spiro atoms. The molecule has 0 aliphatic heterocycles. The number of thiophene rings is 1. The quantitative estimate of drug-likeness (QED) is 0.288. The maximum Gasteiger partial charge on any atom is 0.265 e. The summed E-state index contributed by atoms with van der Waals surface area (Å²) in [6.07, 6.45) is 0. The zero-order valence-electron chi connectivity index (χ0n) is 19.4. The molecule has 5 nitrogen and oxygen atoms in total. The lowest BCUT2D eigenvalue weighted by Crippen LogP contribution is -2.25. The smallest absolute Gasteiger partial charge is 0.265 e. The molecular weight excluding hydrogens is 440 g/mol. The van der Waals surface area contributed by atoms with Gasteiger partial charge in [-0.1, -0.05) is 36.4 Å². The van der Waals surface area contributed by atoms with Crippen LogP contribution < -0.4 is 10.2 Å². The molecular formula is C28H26N4OS. The van der Waals surface area contributed by atoms with Crippen molar-refractivity contribution in [2.45, 2.75) is 26.8 Å². The highest BCUT2D eigenvalue weighted by Crippen LogP contribution is 2.32. The average Bonchev–Trinajstić information content (AvgIpc) is 3.42. The first kappa shape index (κ1) is 21.9. The number of nitrogens with one attached hydrogen (secondary N) is 1. The summed E-state index contributed by atoms with van der Waals surface area (Å²) in [4.78, 5) is 17.0. The van der Waals surface area contributed by atoms with Crippen LogP contribution in [0, 0.1) is 6.92 Å². The van der Waals surface area contributed by atoms with Gasteiger partial charge in [-0.25, -0.2) is 4.68 Å². The predicted octanol–water partition coefficient (Wildman–Crippen LogP) is 7.19. The third-order valence-electron chi connectivity index (χ3n) is 5.72. The van der Waals surface area contributed by atoms with Crippen molar-refractivity contribution in [3.05, 3.63) is 102 Å². The number of hydrogen-bond acceptors (Lipinski definition) is 4. The Bertz CT molecular complexity index is 1420. The van der Waals surface area contributed by atoms with Gasteiger partial charge in [-0.05, 0) is 75.4 Å². The second-order valence-corrected chi connectivity index (χ2v) is 9.49. The number of carbonyl (C=O) groups excluding carboxylic acids is 1. The predicted molar refractivity (Wildman–Crippen MR) is 142 cm³/mol. The summed E-state index contributed by atoms with van der Waals surface area (Å²) in [5.74, 6) is -0.114. The Balaban J connectivity index is 1.37. The number of carbonyl (C=O) groups is 1. The minimum atomic E-state index is -0.114. The van der Waals surface area contributed by atoms with Crippen molar-refractivity contribution in [2.75, 3.05) is 10.2 Å². The molecule has 5 aromatic rings. The molecule has 0 aliphatic rings. The number of aromatic nitrogens is 2. The number of aryl methyl sites for hydroxylation is 1. The summed E-state index contributed by atoms with van der Waals surface area (Å²) < 4.78 is 1.91. The second kappa shape index (κ2) is 9.15. The topological polar surface area (TPSA) is 50.2 Å². The number of nitrogens with zero attached hydrogens (tertiary/aromatic N) is 3. The van der Waals surface area contributed by atoms with E-state index in [2.05, 4.69) is 41.3 Å². The highest BCUT2D eigenvalue weighted by atomic mass is 32.1. The van der Waals surface area contributed by atoms with Gasteiger partial charge < -0.3 is 10.2 Å². The summed E-state index contributed by atoms with van der Waals surface area (Å²) in [7, 11) is 0. The van der Waals surface area contributed by atoms with Crippen molar-refractivity contribution in [3.8, 4) is 5.69 Å². The van der Waals surface area contributed by atoms with Crippen LogP contribution in [0.5, 0.6) is 0 Å². The van der Waals surface area contributed by atoms with Crippen LogP contribution >= 0.6 is 11.3 Å². The van der Waals surface area contributed by atoms with E-state index in [-0.39, 0.29) is 5.91 Å². The first-order chi connectivity index (χ1) is 16.5. The van der Waals surface area contributed by atoms with E-state index >= 15 is 0 Å². The zero-order valence-corrected chi connectivity index (χ0v) is 20.2. The average molecular weight is 467 g/mol. The van der Waals surface area contributed by atoms with Gasteiger partial charge in [0.1, 0.15) is 4.83 Å². The third-order valence-corrected chi connectivity index (χ3v) is 6.83. The van der Waals surface area contributed by atoms with E-state index in [9.17, 15) is 4.79 Å². The van der Waals surface area contributed by atoms with Gasteiger partial charge >= 0.3 is 0 Å². The first-order valence-electron chi connectivity index (χ1n) is 11.3. The Morgan fingerprint density at radius 1 is 0.912 bits per heavy atom. The van der Waals surface area contributed by atoms with E-state index in [0.717, 1.165) is 38.7 Å². The number of fused-ring (bicyclic) bond motifs is 1. The lowest BCUT2D eigenvalue weighted by Gasteiger charge is -2.29. The maximum absolute atomic E-state index is 13.0. The van der Waals surface area contributed by atoms with Crippen molar-refractivity contribution in [1.29, 1.82) is 0 Å². The first-order valence-corrected chi connectivity index (χ1v) is 12.1. The van der Waals surface area contributed by atoms with Crippen molar-refractivity contribution in [2.24, 2.45) is 0 Å². The molecule has 6 heteroatoms. The highest BCUT2D eigenvalue weighted by molar-refractivity contribution is 7.20. The van der Waals surface area contributed by atoms with Gasteiger partial charge in [0.2, 0.25) is 0 Å². The molecule has 0 atom stereocenters. The lowest BCUT2D eigenvalue weighted by molar-refractivity contribution is 0.103. The molecule has 0 aliphatic carbocycles. The van der Waals surface area contributed by atoms with E-state index in [1.54, 1.807) is 0 Å². The van der Waals surface area contributed by atoms with Crippen LogP contribution in [0.3, 0.4) is 0 Å². The molecule has 2 aromatic heterocycles. The highest BCUT2D eigenvalue weighted by Gasteiger charge is 2.18. The van der Waals surface area contributed by atoms with Gasteiger partial charge in [0.15, 0.2) is 0 Å². The van der Waals surface area contributed by atoms with E-state index in [1.807, 2.05) is 90.5 Å². The van der Waals surface area contributed by atoms with Gasteiger partial charge in [0.05, 0.1) is 16.3 Å². The Morgan fingerprint density at radius 3 is 2.18 bits per heavy atom. The fourth-order valence-electron chi connectivity index (χ4n) is 4.14. The molecule has 5 rings (SSSR count). The number of para-hydroxylation sites is 2. The van der Waals surface area contributed by atoms with Crippen LogP contribution in [0.1, 0.15) is 29.2 Å². The number of amides is 1. The van der Waals surface area contributed by atoms with Gasteiger partial charge in [-0.2, -0.15) is 5.10 Å². The molecule has 0 unspecified atom stereocenters. The van der Waals surface area contributed by atoms with E-state index in [1.165, 1.54) is 11.3 Å². The largest absolute Gasteiger partial charge is 0.339 e. The molecule has 34 heavy (non-hydrogen) atoms. The van der Waals surface area contributed by atoms with Crippen molar-refractivity contribution >= 4 is 44.5 Å². The second-order valence-electron chi connectivity index (χ2n) is 8.46. The molecule has 1 amide bonds. The molecule has 0 radical (unpaired) electrons. The molecule has 0 saturated heterocycles. The minimum Gasteiger partial charge on any atom is -0.339 e. The van der Waals surface area contributed by atoms with Crippen molar-refractivity contribution < 1.29 is 4.79 Å². The summed E-state index contributed by atoms with van der Waals surface area (Å²) in [5, 5.41) is 8.71. The van der Waals surface area contributed by atoms with Gasteiger partial charge in [0.25, 0.3) is 5.91 Å². The Morgan fingerprint density at radius 2 is 1.53 bits per heavy atom.